The lowest BCUT2D eigenvalue weighted by Crippen LogP contribution is -2.55. The number of carbonyl (C=O) groups is 2. The van der Waals surface area contributed by atoms with E-state index >= 15 is 0 Å². The first kappa shape index (κ1) is 24.1. The van der Waals surface area contributed by atoms with Crippen LogP contribution in [-0.2, 0) is 22.6 Å². The maximum atomic E-state index is 13.4. The molecule has 0 unspecified atom stereocenters. The summed E-state index contributed by atoms with van der Waals surface area (Å²) in [7, 11) is 0. The van der Waals surface area contributed by atoms with E-state index in [0.29, 0.717) is 18.7 Å². The van der Waals surface area contributed by atoms with Gasteiger partial charge < -0.3 is 15.0 Å². The van der Waals surface area contributed by atoms with Crippen molar-refractivity contribution in [3.8, 4) is 5.75 Å². The van der Waals surface area contributed by atoms with Gasteiger partial charge in [-0.3, -0.25) is 9.59 Å². The zero-order valence-electron chi connectivity index (χ0n) is 19.5. The molecule has 0 saturated heterocycles. The maximum Gasteiger partial charge on any atom is 0.261 e. The molecule has 0 radical (unpaired) electrons. The van der Waals surface area contributed by atoms with Gasteiger partial charge in [0.05, 0.1) is 0 Å². The van der Waals surface area contributed by atoms with Crippen molar-refractivity contribution in [2.24, 2.45) is 0 Å². The third kappa shape index (κ3) is 7.79. The Hall–Kier alpha value is -3.60. The Balaban J connectivity index is 1.90. The molecule has 33 heavy (non-hydrogen) atoms. The molecule has 0 fully saturated rings. The summed E-state index contributed by atoms with van der Waals surface area (Å²) in [4.78, 5) is 28.5. The minimum absolute atomic E-state index is 0.148. The van der Waals surface area contributed by atoms with Gasteiger partial charge in [-0.05, 0) is 44.0 Å². The van der Waals surface area contributed by atoms with Crippen LogP contribution in [0, 0.1) is 0 Å². The van der Waals surface area contributed by atoms with E-state index in [1.165, 1.54) is 0 Å². The van der Waals surface area contributed by atoms with Crippen LogP contribution in [0.3, 0.4) is 0 Å². The molecule has 0 aliphatic carbocycles. The molecule has 0 heterocycles. The number of carbonyl (C=O) groups excluding carboxylic acids is 2. The Labute approximate surface area is 196 Å². The number of ether oxygens (including phenoxy) is 1. The molecule has 0 saturated carbocycles. The first-order chi connectivity index (χ1) is 15.8. The highest BCUT2D eigenvalue weighted by molar-refractivity contribution is 5.89. The monoisotopic (exact) mass is 444 g/mol. The van der Waals surface area contributed by atoms with Crippen LogP contribution in [0.4, 0.5) is 0 Å². The highest BCUT2D eigenvalue weighted by atomic mass is 16.5. The maximum absolute atomic E-state index is 13.4. The summed E-state index contributed by atoms with van der Waals surface area (Å²) >= 11 is 0. The van der Waals surface area contributed by atoms with Crippen LogP contribution in [0.15, 0.2) is 91.0 Å². The van der Waals surface area contributed by atoms with Gasteiger partial charge in [-0.25, -0.2) is 0 Å². The van der Waals surface area contributed by atoms with E-state index in [0.717, 1.165) is 11.1 Å². The van der Waals surface area contributed by atoms with Gasteiger partial charge in [-0.2, -0.15) is 0 Å². The van der Waals surface area contributed by atoms with E-state index in [2.05, 4.69) is 5.32 Å². The zero-order valence-corrected chi connectivity index (χ0v) is 19.5. The Morgan fingerprint density at radius 2 is 1.33 bits per heavy atom. The van der Waals surface area contributed by atoms with Gasteiger partial charge in [-0.1, -0.05) is 78.9 Å². The van der Waals surface area contributed by atoms with Gasteiger partial charge in [0.15, 0.2) is 6.61 Å². The summed E-state index contributed by atoms with van der Waals surface area (Å²) in [5.41, 5.74) is 1.52. The fourth-order valence-corrected chi connectivity index (χ4v) is 3.53. The van der Waals surface area contributed by atoms with E-state index in [9.17, 15) is 9.59 Å². The molecule has 3 aromatic carbocycles. The Morgan fingerprint density at radius 3 is 1.88 bits per heavy atom. The number of benzene rings is 3. The summed E-state index contributed by atoms with van der Waals surface area (Å²) in [6.07, 6.45) is 0.409. The third-order valence-electron chi connectivity index (χ3n) is 5.07. The molecule has 5 heteroatoms. The predicted octanol–water partition coefficient (Wildman–Crippen LogP) is 4.62. The molecule has 0 aromatic heterocycles. The van der Waals surface area contributed by atoms with E-state index < -0.39 is 11.6 Å². The standard InChI is InChI=1S/C28H32N2O3/c1-28(2,3)29-27(32)25(19-22-13-7-4-8-14-22)30(20-23-15-9-5-10-16-23)26(31)21-33-24-17-11-6-12-18-24/h4-18,25H,19-21H2,1-3H3,(H,29,32)/t25-/m0/s1. The average Bonchev–Trinajstić information content (AvgIpc) is 2.80. The summed E-state index contributed by atoms with van der Waals surface area (Å²) < 4.78 is 5.74. The molecule has 0 aliphatic heterocycles. The van der Waals surface area contributed by atoms with Gasteiger partial charge in [-0.15, -0.1) is 0 Å². The van der Waals surface area contributed by atoms with Crippen molar-refractivity contribution in [3.63, 3.8) is 0 Å². The predicted molar refractivity (Wildman–Crippen MR) is 131 cm³/mol. The van der Waals surface area contributed by atoms with Crippen LogP contribution in [0.5, 0.6) is 5.75 Å². The SMILES string of the molecule is CC(C)(C)NC(=O)[C@H](Cc1ccccc1)N(Cc1ccccc1)C(=O)COc1ccccc1. The Bertz CT molecular complexity index is 1020. The first-order valence-corrected chi connectivity index (χ1v) is 11.2. The second-order valence-corrected chi connectivity index (χ2v) is 9.05. The van der Waals surface area contributed by atoms with Crippen molar-refractivity contribution in [3.05, 3.63) is 102 Å². The lowest BCUT2D eigenvalue weighted by atomic mass is 10.0. The van der Waals surface area contributed by atoms with Gasteiger partial charge in [0.25, 0.3) is 5.91 Å². The van der Waals surface area contributed by atoms with Crippen LogP contribution in [0.25, 0.3) is 0 Å². The van der Waals surface area contributed by atoms with Gasteiger partial charge in [0.1, 0.15) is 11.8 Å². The second kappa shape index (κ2) is 11.3. The van der Waals surface area contributed by atoms with Crippen LogP contribution >= 0.6 is 0 Å². The normalized spacial score (nSPS) is 12.0. The van der Waals surface area contributed by atoms with E-state index in [1.807, 2.05) is 112 Å². The minimum atomic E-state index is -0.682. The second-order valence-electron chi connectivity index (χ2n) is 9.05. The quantitative estimate of drug-likeness (QED) is 0.524. The number of hydrogen-bond acceptors (Lipinski definition) is 3. The largest absolute Gasteiger partial charge is 0.484 e. The van der Waals surface area contributed by atoms with Crippen molar-refractivity contribution in [2.45, 2.75) is 45.3 Å². The van der Waals surface area contributed by atoms with Crippen LogP contribution in [0.1, 0.15) is 31.9 Å². The smallest absolute Gasteiger partial charge is 0.261 e. The summed E-state index contributed by atoms with van der Waals surface area (Å²) in [5, 5.41) is 3.06. The fourth-order valence-electron chi connectivity index (χ4n) is 3.53. The van der Waals surface area contributed by atoms with Crippen LogP contribution in [0.2, 0.25) is 0 Å². The molecule has 0 spiro atoms. The van der Waals surface area contributed by atoms with Crippen LogP contribution in [-0.4, -0.2) is 34.9 Å². The van der Waals surface area contributed by atoms with Gasteiger partial charge >= 0.3 is 0 Å². The van der Waals surface area contributed by atoms with Crippen molar-refractivity contribution in [2.75, 3.05) is 6.61 Å². The van der Waals surface area contributed by atoms with Crippen LogP contribution < -0.4 is 10.1 Å². The van der Waals surface area contributed by atoms with E-state index in [4.69, 9.17) is 4.74 Å². The molecule has 3 aromatic rings. The van der Waals surface area contributed by atoms with Gasteiger partial charge in [0.2, 0.25) is 5.91 Å². The number of amides is 2. The number of rotatable bonds is 9. The van der Waals surface area contributed by atoms with Crippen molar-refractivity contribution in [1.82, 2.24) is 10.2 Å². The summed E-state index contributed by atoms with van der Waals surface area (Å²) in [6, 6.07) is 28.0. The lowest BCUT2D eigenvalue weighted by Gasteiger charge is -2.33. The minimum Gasteiger partial charge on any atom is -0.484 e. The van der Waals surface area contributed by atoms with E-state index in [1.54, 1.807) is 4.90 Å². The lowest BCUT2D eigenvalue weighted by molar-refractivity contribution is -0.143. The molecule has 3 rings (SSSR count). The van der Waals surface area contributed by atoms with Crippen molar-refractivity contribution < 1.29 is 14.3 Å². The molecule has 0 bridgehead atoms. The molecular formula is C28H32N2O3. The molecule has 2 amide bonds. The average molecular weight is 445 g/mol. The van der Waals surface area contributed by atoms with Crippen molar-refractivity contribution in [1.29, 1.82) is 0 Å². The number of nitrogens with zero attached hydrogens (tertiary/aromatic N) is 1. The molecule has 172 valence electrons. The highest BCUT2D eigenvalue weighted by Gasteiger charge is 2.32. The number of para-hydroxylation sites is 1. The molecule has 1 atom stereocenters. The summed E-state index contributed by atoms with van der Waals surface area (Å²) in [6.45, 7) is 5.98. The molecular weight excluding hydrogens is 412 g/mol. The van der Waals surface area contributed by atoms with Gasteiger partial charge in [0, 0.05) is 18.5 Å². The Kier molecular flexibility index (Phi) is 8.25. The van der Waals surface area contributed by atoms with Crippen molar-refractivity contribution >= 4 is 11.8 Å². The fraction of sp³-hybridized carbons (Fsp3) is 0.286. The molecule has 0 aliphatic rings. The Morgan fingerprint density at radius 1 is 0.818 bits per heavy atom. The van der Waals surface area contributed by atoms with E-state index in [-0.39, 0.29) is 18.4 Å². The topological polar surface area (TPSA) is 58.6 Å². The highest BCUT2D eigenvalue weighted by Crippen LogP contribution is 2.17. The zero-order chi connectivity index (χ0) is 23.7. The first-order valence-electron chi connectivity index (χ1n) is 11.2. The number of nitrogens with one attached hydrogen (secondary N) is 1. The third-order valence-corrected chi connectivity index (χ3v) is 5.07. The summed E-state index contributed by atoms with van der Waals surface area (Å²) in [5.74, 6) is 0.187. The molecule has 5 nitrogen and oxygen atoms in total. The molecule has 1 N–H and O–H groups in total. The number of hydrogen-bond donors (Lipinski definition) is 1.